The normalized spacial score (nSPS) is 15.5. The fraction of sp³-hybridized carbons (Fsp3) is 0.364. The molecule has 0 saturated heterocycles. The predicted molar refractivity (Wildman–Crippen MR) is 53.8 cm³/mol. The zero-order chi connectivity index (χ0) is 8.97. The van der Waals surface area contributed by atoms with Crippen LogP contribution in [-0.2, 0) is 0 Å². The SMILES string of the molecule is C=C1C=CC(=[N+](CC)CC)C=C1. The molecule has 1 aliphatic rings. The van der Waals surface area contributed by atoms with E-state index in [-0.39, 0.29) is 0 Å². The van der Waals surface area contributed by atoms with Crippen LogP contribution in [0.25, 0.3) is 0 Å². The molecule has 0 aliphatic heterocycles. The molecule has 1 rings (SSSR count). The summed E-state index contributed by atoms with van der Waals surface area (Å²) in [6, 6.07) is 0. The maximum atomic E-state index is 3.85. The fourth-order valence-electron chi connectivity index (χ4n) is 1.30. The Hall–Kier alpha value is -1.11. The van der Waals surface area contributed by atoms with Crippen LogP contribution in [-0.4, -0.2) is 23.4 Å². The van der Waals surface area contributed by atoms with E-state index >= 15 is 0 Å². The minimum Gasteiger partial charge on any atom is -0.231 e. The van der Waals surface area contributed by atoms with Gasteiger partial charge in [-0.1, -0.05) is 6.58 Å². The zero-order valence-electron chi connectivity index (χ0n) is 7.88. The van der Waals surface area contributed by atoms with Gasteiger partial charge in [0, 0.05) is 12.2 Å². The Labute approximate surface area is 74.4 Å². The molecule has 0 aromatic carbocycles. The van der Waals surface area contributed by atoms with Crippen molar-refractivity contribution in [1.29, 1.82) is 0 Å². The molecular weight excluding hydrogens is 146 g/mol. The van der Waals surface area contributed by atoms with E-state index < -0.39 is 0 Å². The van der Waals surface area contributed by atoms with Crippen molar-refractivity contribution < 1.29 is 4.58 Å². The lowest BCUT2D eigenvalue weighted by Gasteiger charge is -2.03. The van der Waals surface area contributed by atoms with Gasteiger partial charge in [-0.3, -0.25) is 0 Å². The number of allylic oxidation sites excluding steroid dienone is 5. The average molecular weight is 162 g/mol. The summed E-state index contributed by atoms with van der Waals surface area (Å²) in [5.74, 6) is 0. The highest BCUT2D eigenvalue weighted by molar-refractivity contribution is 6.02. The summed E-state index contributed by atoms with van der Waals surface area (Å²) in [6.45, 7) is 10.3. The number of nitrogens with zero attached hydrogens (tertiary/aromatic N) is 1. The van der Waals surface area contributed by atoms with Crippen LogP contribution in [0.1, 0.15) is 13.8 Å². The van der Waals surface area contributed by atoms with Gasteiger partial charge in [-0.05, 0) is 31.6 Å². The molecular formula is C11H16N+. The molecule has 0 heterocycles. The highest BCUT2D eigenvalue weighted by Crippen LogP contribution is 2.03. The van der Waals surface area contributed by atoms with Gasteiger partial charge in [-0.25, -0.2) is 4.58 Å². The molecule has 0 unspecified atom stereocenters. The molecule has 0 N–H and O–H groups in total. The van der Waals surface area contributed by atoms with Crippen molar-refractivity contribution in [2.75, 3.05) is 13.1 Å². The predicted octanol–water partition coefficient (Wildman–Crippen LogP) is 2.16. The van der Waals surface area contributed by atoms with Crippen molar-refractivity contribution in [3.8, 4) is 0 Å². The van der Waals surface area contributed by atoms with Crippen molar-refractivity contribution in [3.63, 3.8) is 0 Å². The smallest absolute Gasteiger partial charge is 0.199 e. The van der Waals surface area contributed by atoms with Crippen molar-refractivity contribution in [2.24, 2.45) is 0 Å². The lowest BCUT2D eigenvalue weighted by atomic mass is 10.1. The molecule has 1 aliphatic carbocycles. The second-order valence-corrected chi connectivity index (χ2v) is 2.84. The monoisotopic (exact) mass is 162 g/mol. The van der Waals surface area contributed by atoms with Gasteiger partial charge in [-0.2, -0.15) is 0 Å². The van der Waals surface area contributed by atoms with Gasteiger partial charge in [0.25, 0.3) is 0 Å². The standard InChI is InChI=1S/C11H16N/c1-4-12(5-2)11-8-6-10(3)7-9-11/h6-9H,3-5H2,1-2H3/q+1. The maximum Gasteiger partial charge on any atom is 0.199 e. The van der Waals surface area contributed by atoms with E-state index in [1.807, 2.05) is 12.2 Å². The molecule has 0 spiro atoms. The van der Waals surface area contributed by atoms with Crippen LogP contribution in [0.2, 0.25) is 0 Å². The second kappa shape index (κ2) is 4.05. The Bertz CT molecular complexity index is 243. The van der Waals surface area contributed by atoms with E-state index in [0.717, 1.165) is 18.7 Å². The third-order valence-electron chi connectivity index (χ3n) is 2.06. The van der Waals surface area contributed by atoms with E-state index in [2.05, 4.69) is 37.2 Å². The summed E-state index contributed by atoms with van der Waals surface area (Å²) < 4.78 is 2.32. The first-order chi connectivity index (χ1) is 5.77. The van der Waals surface area contributed by atoms with Crippen molar-refractivity contribution >= 4 is 5.71 Å². The average Bonchev–Trinajstić information content (AvgIpc) is 2.10. The Morgan fingerprint density at radius 3 is 2.00 bits per heavy atom. The van der Waals surface area contributed by atoms with Gasteiger partial charge >= 0.3 is 0 Å². The highest BCUT2D eigenvalue weighted by atomic mass is 15.0. The molecule has 1 nitrogen and oxygen atoms in total. The van der Waals surface area contributed by atoms with E-state index in [0.29, 0.717) is 0 Å². The summed E-state index contributed by atoms with van der Waals surface area (Å²) >= 11 is 0. The molecule has 0 aromatic heterocycles. The first kappa shape index (κ1) is 8.98. The minimum atomic E-state index is 1.06. The second-order valence-electron chi connectivity index (χ2n) is 2.84. The van der Waals surface area contributed by atoms with Gasteiger partial charge in [-0.15, -0.1) is 0 Å². The van der Waals surface area contributed by atoms with Crippen molar-refractivity contribution in [1.82, 2.24) is 0 Å². The Kier molecular flexibility index (Phi) is 3.03. The van der Waals surface area contributed by atoms with Crippen LogP contribution >= 0.6 is 0 Å². The molecule has 0 fully saturated rings. The molecule has 1 heteroatoms. The number of hydrogen-bond donors (Lipinski definition) is 0. The largest absolute Gasteiger partial charge is 0.231 e. The summed E-state index contributed by atoms with van der Waals surface area (Å²) in [5.41, 5.74) is 2.36. The lowest BCUT2D eigenvalue weighted by molar-refractivity contribution is -0.519. The van der Waals surface area contributed by atoms with Crippen LogP contribution in [0.15, 0.2) is 36.5 Å². The van der Waals surface area contributed by atoms with Crippen LogP contribution in [0.3, 0.4) is 0 Å². The molecule has 0 amide bonds. The molecule has 12 heavy (non-hydrogen) atoms. The topological polar surface area (TPSA) is 3.01 Å². The van der Waals surface area contributed by atoms with Gasteiger partial charge in [0.05, 0.1) is 0 Å². The van der Waals surface area contributed by atoms with Gasteiger partial charge in [0.1, 0.15) is 13.1 Å². The zero-order valence-corrected chi connectivity index (χ0v) is 7.88. The first-order valence-electron chi connectivity index (χ1n) is 4.45. The van der Waals surface area contributed by atoms with Crippen LogP contribution in [0.5, 0.6) is 0 Å². The molecule has 0 aromatic rings. The Morgan fingerprint density at radius 1 is 1.08 bits per heavy atom. The van der Waals surface area contributed by atoms with Crippen molar-refractivity contribution in [2.45, 2.75) is 13.8 Å². The highest BCUT2D eigenvalue weighted by Gasteiger charge is 2.06. The summed E-state index contributed by atoms with van der Waals surface area (Å²) in [6.07, 6.45) is 8.34. The van der Waals surface area contributed by atoms with E-state index in [9.17, 15) is 0 Å². The molecule has 64 valence electrons. The van der Waals surface area contributed by atoms with Crippen LogP contribution in [0.4, 0.5) is 0 Å². The Morgan fingerprint density at radius 2 is 1.58 bits per heavy atom. The number of rotatable bonds is 2. The maximum absolute atomic E-state index is 3.85. The quantitative estimate of drug-likeness (QED) is 0.547. The van der Waals surface area contributed by atoms with E-state index in [1.165, 1.54) is 5.71 Å². The van der Waals surface area contributed by atoms with Gasteiger partial charge in [0.15, 0.2) is 5.71 Å². The summed E-state index contributed by atoms with van der Waals surface area (Å²) in [4.78, 5) is 0. The van der Waals surface area contributed by atoms with E-state index in [1.54, 1.807) is 0 Å². The number of hydrogen-bond acceptors (Lipinski definition) is 0. The molecule has 0 atom stereocenters. The fourth-order valence-corrected chi connectivity index (χ4v) is 1.30. The third-order valence-corrected chi connectivity index (χ3v) is 2.06. The van der Waals surface area contributed by atoms with Gasteiger partial charge in [0.2, 0.25) is 0 Å². The third kappa shape index (κ3) is 1.94. The summed E-state index contributed by atoms with van der Waals surface area (Å²) in [7, 11) is 0. The minimum absolute atomic E-state index is 1.06. The van der Waals surface area contributed by atoms with E-state index in [4.69, 9.17) is 0 Å². The van der Waals surface area contributed by atoms with Crippen LogP contribution in [0, 0.1) is 0 Å². The van der Waals surface area contributed by atoms with Crippen molar-refractivity contribution in [3.05, 3.63) is 36.5 Å². The van der Waals surface area contributed by atoms with Gasteiger partial charge < -0.3 is 0 Å². The molecule has 0 radical (unpaired) electrons. The lowest BCUT2D eigenvalue weighted by Crippen LogP contribution is -2.18. The molecule has 0 bridgehead atoms. The Balaban J connectivity index is 2.89. The summed E-state index contributed by atoms with van der Waals surface area (Å²) in [5, 5.41) is 0. The molecule has 0 saturated carbocycles. The first-order valence-corrected chi connectivity index (χ1v) is 4.45. The van der Waals surface area contributed by atoms with Crippen LogP contribution < -0.4 is 0 Å².